The van der Waals surface area contributed by atoms with Gasteiger partial charge >= 0.3 is 0 Å². The van der Waals surface area contributed by atoms with Crippen molar-refractivity contribution in [3.05, 3.63) is 0 Å². The predicted octanol–water partition coefficient (Wildman–Crippen LogP) is 4.33. The van der Waals surface area contributed by atoms with E-state index in [0.717, 1.165) is 44.9 Å². The number of rotatable bonds is 0. The molecule has 0 aromatic rings. The lowest BCUT2D eigenvalue weighted by atomic mass is 9.44. The molecule has 0 unspecified atom stereocenters. The van der Waals surface area contributed by atoms with Crippen molar-refractivity contribution in [2.75, 3.05) is 0 Å². The van der Waals surface area contributed by atoms with Gasteiger partial charge in [-0.25, -0.2) is 0 Å². The topological polar surface area (TPSA) is 40.5 Å². The van der Waals surface area contributed by atoms with Crippen molar-refractivity contribution < 1.29 is 10.2 Å². The molecule has 0 amide bonds. The fourth-order valence-corrected chi connectivity index (χ4v) is 8.18. The molecule has 4 heteroatoms. The number of halogens is 2. The van der Waals surface area contributed by atoms with Crippen LogP contribution in [0.3, 0.4) is 0 Å². The number of fused-ring (bicyclic) bond motifs is 5. The van der Waals surface area contributed by atoms with Crippen LogP contribution in [0.2, 0.25) is 0 Å². The molecule has 23 heavy (non-hydrogen) atoms. The van der Waals surface area contributed by atoms with Crippen LogP contribution in [0.4, 0.5) is 0 Å². The first kappa shape index (κ1) is 16.9. The summed E-state index contributed by atoms with van der Waals surface area (Å²) in [5.41, 5.74) is 0.0899. The molecular weight excluding hydrogens is 331 g/mol. The third kappa shape index (κ3) is 2.08. The van der Waals surface area contributed by atoms with E-state index >= 15 is 0 Å². The quantitative estimate of drug-likeness (QED) is 0.631. The molecule has 2 N–H and O–H groups in total. The first-order valence-electron chi connectivity index (χ1n) is 9.41. The number of aliphatic hydroxyl groups is 2. The molecule has 4 aliphatic rings. The highest BCUT2D eigenvalue weighted by Crippen LogP contribution is 2.69. The summed E-state index contributed by atoms with van der Waals surface area (Å²) in [4.78, 5) is -0.474. The summed E-state index contributed by atoms with van der Waals surface area (Å²) in [6, 6.07) is 0. The Bertz CT molecular complexity index is 500. The van der Waals surface area contributed by atoms with E-state index in [-0.39, 0.29) is 28.4 Å². The Morgan fingerprint density at radius 1 is 0.957 bits per heavy atom. The van der Waals surface area contributed by atoms with E-state index in [1.165, 1.54) is 0 Å². The normalized spacial score (nSPS) is 62.3. The molecule has 0 aromatic heterocycles. The van der Waals surface area contributed by atoms with Gasteiger partial charge in [0.05, 0.1) is 22.5 Å². The molecule has 2 nitrogen and oxygen atoms in total. The van der Waals surface area contributed by atoms with E-state index in [1.54, 1.807) is 0 Å². The Labute approximate surface area is 149 Å². The van der Waals surface area contributed by atoms with Crippen LogP contribution in [0.15, 0.2) is 0 Å². The molecule has 4 rings (SSSR count). The van der Waals surface area contributed by atoms with E-state index in [9.17, 15) is 10.2 Å². The minimum atomic E-state index is -0.474. The maximum Gasteiger partial charge on any atom is 0.0690 e. The molecule has 0 spiro atoms. The molecule has 0 aliphatic heterocycles. The minimum absolute atomic E-state index is 0.0119. The molecule has 4 fully saturated rings. The van der Waals surface area contributed by atoms with Crippen LogP contribution in [-0.4, -0.2) is 32.7 Å². The summed E-state index contributed by atoms with van der Waals surface area (Å²) in [5, 5.41) is 20.6. The minimum Gasteiger partial charge on any atom is -0.393 e. The second-order valence-electron chi connectivity index (χ2n) is 9.39. The second-order valence-corrected chi connectivity index (χ2v) is 10.6. The standard InChI is InChI=1S/C19H30Cl2O2/c1-17-7-6-14-12(13(17)3-4-16(17)23)9-15(20)19(21)10-11(22)5-8-18(14,19)2/h11-16,22-23H,3-10H2,1-2H3/t11-,12-,13-,14+,15+,16-,17-,18+,19-/m0/s1. The summed E-state index contributed by atoms with van der Waals surface area (Å²) in [6.45, 7) is 4.64. The number of hydrogen-bond acceptors (Lipinski definition) is 2. The lowest BCUT2D eigenvalue weighted by Gasteiger charge is -2.65. The van der Waals surface area contributed by atoms with E-state index in [4.69, 9.17) is 23.2 Å². The van der Waals surface area contributed by atoms with Crippen LogP contribution in [0, 0.1) is 28.6 Å². The fourth-order valence-electron chi connectivity index (χ4n) is 7.14. The van der Waals surface area contributed by atoms with Gasteiger partial charge in [0.15, 0.2) is 0 Å². The van der Waals surface area contributed by atoms with E-state index in [1.807, 2.05) is 0 Å². The molecule has 0 saturated heterocycles. The van der Waals surface area contributed by atoms with Crippen LogP contribution in [0.5, 0.6) is 0 Å². The lowest BCUT2D eigenvalue weighted by Crippen LogP contribution is -2.65. The Morgan fingerprint density at radius 3 is 2.43 bits per heavy atom. The zero-order valence-electron chi connectivity index (χ0n) is 14.3. The van der Waals surface area contributed by atoms with Gasteiger partial charge in [-0.2, -0.15) is 0 Å². The molecule has 0 bridgehead atoms. The third-order valence-corrected chi connectivity index (χ3v) is 10.2. The van der Waals surface area contributed by atoms with Crippen LogP contribution in [0.1, 0.15) is 65.2 Å². The van der Waals surface area contributed by atoms with Crippen LogP contribution < -0.4 is 0 Å². The van der Waals surface area contributed by atoms with E-state index in [2.05, 4.69) is 13.8 Å². The van der Waals surface area contributed by atoms with Crippen molar-refractivity contribution in [3.63, 3.8) is 0 Å². The summed E-state index contributed by atoms with van der Waals surface area (Å²) in [6.07, 6.45) is 7.30. The molecule has 9 atom stereocenters. The monoisotopic (exact) mass is 360 g/mol. The number of hydrogen-bond donors (Lipinski definition) is 2. The van der Waals surface area contributed by atoms with Crippen molar-refractivity contribution in [3.8, 4) is 0 Å². The zero-order chi connectivity index (χ0) is 16.6. The Balaban J connectivity index is 1.71. The van der Waals surface area contributed by atoms with Gasteiger partial charge in [0.1, 0.15) is 0 Å². The van der Waals surface area contributed by atoms with Crippen molar-refractivity contribution in [1.29, 1.82) is 0 Å². The Morgan fingerprint density at radius 2 is 1.70 bits per heavy atom. The predicted molar refractivity (Wildman–Crippen MR) is 93.9 cm³/mol. The van der Waals surface area contributed by atoms with Crippen LogP contribution >= 0.6 is 23.2 Å². The summed E-state index contributed by atoms with van der Waals surface area (Å²) >= 11 is 14.0. The highest BCUT2D eigenvalue weighted by molar-refractivity contribution is 6.33. The van der Waals surface area contributed by atoms with Crippen LogP contribution in [0.25, 0.3) is 0 Å². The smallest absolute Gasteiger partial charge is 0.0690 e. The summed E-state index contributed by atoms with van der Waals surface area (Å²) in [5.74, 6) is 1.76. The fraction of sp³-hybridized carbons (Fsp3) is 1.00. The average molecular weight is 361 g/mol. The van der Waals surface area contributed by atoms with Gasteiger partial charge in [0.25, 0.3) is 0 Å². The molecule has 132 valence electrons. The number of alkyl halides is 2. The molecule has 0 heterocycles. The number of aliphatic hydroxyl groups excluding tert-OH is 2. The Kier molecular flexibility index (Phi) is 3.87. The maximum atomic E-state index is 10.5. The molecule has 0 radical (unpaired) electrons. The van der Waals surface area contributed by atoms with Gasteiger partial charge < -0.3 is 10.2 Å². The first-order valence-corrected chi connectivity index (χ1v) is 10.2. The van der Waals surface area contributed by atoms with Crippen molar-refractivity contribution >= 4 is 23.2 Å². The lowest BCUT2D eigenvalue weighted by molar-refractivity contribution is -0.122. The van der Waals surface area contributed by atoms with Crippen LogP contribution in [-0.2, 0) is 0 Å². The summed E-state index contributed by atoms with van der Waals surface area (Å²) in [7, 11) is 0. The van der Waals surface area contributed by atoms with Crippen molar-refractivity contribution in [2.45, 2.75) is 87.7 Å². The SMILES string of the molecule is C[C@]12CC[C@@H]3[C@@H](C[C@@H](Cl)[C@@]4(Cl)C[C@@H](O)CC[C@]34C)[C@@H]1CC[C@@H]2O. The first-order chi connectivity index (χ1) is 10.7. The largest absolute Gasteiger partial charge is 0.393 e. The van der Waals surface area contributed by atoms with Gasteiger partial charge in [-0.1, -0.05) is 13.8 Å². The molecular formula is C19H30Cl2O2. The molecule has 4 aliphatic carbocycles. The van der Waals surface area contributed by atoms with Gasteiger partial charge in [-0.05, 0) is 80.0 Å². The van der Waals surface area contributed by atoms with Crippen molar-refractivity contribution in [2.24, 2.45) is 28.6 Å². The Hall–Kier alpha value is 0.500. The maximum absolute atomic E-state index is 10.5. The van der Waals surface area contributed by atoms with E-state index in [0.29, 0.717) is 24.2 Å². The third-order valence-electron chi connectivity index (χ3n) is 8.66. The highest BCUT2D eigenvalue weighted by atomic mass is 35.5. The van der Waals surface area contributed by atoms with Gasteiger partial charge in [0.2, 0.25) is 0 Å². The van der Waals surface area contributed by atoms with Crippen molar-refractivity contribution in [1.82, 2.24) is 0 Å². The van der Waals surface area contributed by atoms with Gasteiger partial charge in [0, 0.05) is 0 Å². The molecule has 4 saturated carbocycles. The second kappa shape index (κ2) is 5.25. The summed E-state index contributed by atoms with van der Waals surface area (Å²) < 4.78 is 0. The molecule has 0 aromatic carbocycles. The average Bonchev–Trinajstić information content (AvgIpc) is 2.79. The highest BCUT2D eigenvalue weighted by Gasteiger charge is 2.67. The van der Waals surface area contributed by atoms with E-state index < -0.39 is 4.87 Å². The zero-order valence-corrected chi connectivity index (χ0v) is 15.8. The van der Waals surface area contributed by atoms with Gasteiger partial charge in [-0.15, -0.1) is 23.2 Å². The van der Waals surface area contributed by atoms with Gasteiger partial charge in [-0.3, -0.25) is 0 Å².